The number of thioether (sulfide) groups is 1. The van der Waals surface area contributed by atoms with Crippen LogP contribution in [0.1, 0.15) is 88.6 Å². The molecule has 0 fully saturated rings. The molecule has 108 heavy (non-hydrogen) atoms. The Kier molecular flexibility index (Phi) is 35.9. The molecule has 0 spiro atoms. The number of unbranched alkanes of at least 4 members (excludes halogenated alkanes) is 1. The van der Waals surface area contributed by atoms with Crippen LogP contribution in [0.3, 0.4) is 0 Å². The van der Waals surface area contributed by atoms with Gasteiger partial charge in [0.15, 0.2) is 0 Å². The van der Waals surface area contributed by atoms with Crippen molar-refractivity contribution in [1.82, 2.24) is 83.7 Å². The van der Waals surface area contributed by atoms with E-state index in [4.69, 9.17) is 17.2 Å². The van der Waals surface area contributed by atoms with Crippen molar-refractivity contribution in [2.75, 3.05) is 51.8 Å². The first-order valence-electron chi connectivity index (χ1n) is 34.9. The average Bonchev–Trinajstić information content (AvgIpc) is 1.73. The fraction of sp³-hybridized carbons (Fsp3) is 0.465. The lowest BCUT2D eigenvalue weighted by molar-refractivity contribution is -0.135. The van der Waals surface area contributed by atoms with Crippen LogP contribution in [0.25, 0.3) is 10.9 Å². The summed E-state index contributed by atoms with van der Waals surface area (Å²) in [7, 11) is 3.18. The number of rotatable bonds is 47. The highest BCUT2D eigenvalue weighted by atomic mass is 32.2. The Hall–Kier alpha value is -11.5. The van der Waals surface area contributed by atoms with Crippen molar-refractivity contribution in [2.24, 2.45) is 23.1 Å². The van der Waals surface area contributed by atoms with E-state index in [1.54, 1.807) is 88.7 Å². The van der Waals surface area contributed by atoms with Crippen LogP contribution < -0.4 is 81.0 Å². The van der Waals surface area contributed by atoms with Gasteiger partial charge in [-0.2, -0.15) is 0 Å². The van der Waals surface area contributed by atoms with E-state index in [1.165, 1.54) is 48.6 Å². The first-order chi connectivity index (χ1) is 51.3. The van der Waals surface area contributed by atoms with E-state index < -0.39 is 181 Å². The second kappa shape index (κ2) is 44.5. The predicted molar refractivity (Wildman–Crippen MR) is 396 cm³/mol. The third kappa shape index (κ3) is 30.2. The van der Waals surface area contributed by atoms with Crippen molar-refractivity contribution >= 4 is 111 Å². The van der Waals surface area contributed by atoms with Crippen molar-refractivity contribution in [3.63, 3.8) is 0 Å². The number of phenolic OH excluding ortho intramolecular Hbond substituents is 1. The van der Waals surface area contributed by atoms with Gasteiger partial charge < -0.3 is 106 Å². The van der Waals surface area contributed by atoms with Crippen LogP contribution in [-0.2, 0) is 97.6 Å². The molecule has 3 aromatic carbocycles. The van der Waals surface area contributed by atoms with Crippen LogP contribution in [0.2, 0.25) is 0 Å². The number of carbonyl (C=O) groups is 15. The lowest BCUT2D eigenvalue weighted by Crippen LogP contribution is -2.60. The van der Waals surface area contributed by atoms with Crippen LogP contribution >= 0.6 is 11.8 Å². The van der Waals surface area contributed by atoms with E-state index in [0.29, 0.717) is 39.7 Å². The van der Waals surface area contributed by atoms with Gasteiger partial charge in [-0.1, -0.05) is 94.3 Å². The summed E-state index contributed by atoms with van der Waals surface area (Å²) in [6.45, 7) is 4.31. The molecule has 0 bridgehead atoms. The zero-order valence-electron chi connectivity index (χ0n) is 61.0. The molecule has 0 unspecified atom stereocenters. The number of benzene rings is 3. The highest BCUT2D eigenvalue weighted by Crippen LogP contribution is 2.20. The lowest BCUT2D eigenvalue weighted by Gasteiger charge is -2.27. The maximum Gasteiger partial charge on any atom is 0.245 e. The number of likely N-dealkylation sites (N-methyl/N-ethyl adjacent to an activating group) is 1. The molecular weight excluding hydrogens is 1420 g/mol. The van der Waals surface area contributed by atoms with Gasteiger partial charge in [-0.3, -0.25) is 71.9 Å². The maximum atomic E-state index is 14.7. The number of aromatic nitrogens is 3. The molecular formula is C71H99N19O17S. The van der Waals surface area contributed by atoms with Crippen molar-refractivity contribution in [2.45, 2.75) is 152 Å². The molecule has 10 atom stereocenters. The summed E-state index contributed by atoms with van der Waals surface area (Å²) in [6.07, 6.45) is 3.98. The topological polar surface area (TPSA) is 567 Å². The molecule has 22 N–H and O–H groups in total. The number of aliphatic hydroxyl groups excluding tert-OH is 1. The fourth-order valence-electron chi connectivity index (χ4n) is 10.9. The standard InChI is InChI=1S/C71H99N19O17S/c1-7-8-17-48(62(74)98)84-68(104)51(27-41-14-10-9-11-15-41)86-69(105)53(30-44-32-75-38-79-44)81-58(95)25-26-76-71(107)61(39(2)3)89-63(99)40(4)80-66(102)52(29-43-31-77-47-18-13-12-16-46(43)47)87-65(101)49(23-24-56(72)93)85-67(103)50(28-42-19-21-45(92)22-20-42)82-59(96)33-78-64(100)55(36-108-37-57(73)94)88-70(106)54(35-91)83-60(97)34-90(5)6/h9-16,18-22,31-32,38-40,48-55,61,77,91-92H,7-8,17,23-30,33-37H2,1-6H3,(H2,72,93)(H2,73,94)(H2,74,98)(H,75,79)(H,76,107)(H,78,100)(H,80,102)(H,81,95)(H,82,96)(H,83,97)(H,84,104)(H,85,103)(H,86,105)(H,87,101)(H,88,106)(H,89,99)/t40-,48-,49-,50+,51-,52-,53-,54-,55-,61-/m0/s1. The number of nitrogens with two attached hydrogens (primary N) is 3. The number of hydrogen-bond acceptors (Lipinski definition) is 20. The Morgan fingerprint density at radius 3 is 1.69 bits per heavy atom. The Balaban J connectivity index is 1.30. The molecule has 15 amide bonds. The number of nitrogens with one attached hydrogen (secondary N) is 14. The summed E-state index contributed by atoms with van der Waals surface area (Å²) >= 11 is 0.845. The summed E-state index contributed by atoms with van der Waals surface area (Å²) in [5, 5.41) is 51.3. The summed E-state index contributed by atoms with van der Waals surface area (Å²) < 4.78 is 0. The zero-order chi connectivity index (χ0) is 79.6. The minimum Gasteiger partial charge on any atom is -0.508 e. The SMILES string of the molecule is CCCC[C@H](NC(=O)[C@H](Cc1ccccc1)NC(=O)[C@H](Cc1cnc[nH]1)NC(=O)CCNC(=O)[C@@H](NC(=O)[C@H](C)NC(=O)[C@H](Cc1c[nH]c2ccccc12)NC(=O)[C@H](CCC(N)=O)NC(=O)[C@@H](Cc1ccc(O)cc1)NC(=O)CNC(=O)[C@H](CSCC(N)=O)NC(=O)[C@H](CO)NC(=O)CN(C)C)C(C)C)C(N)=O. The largest absolute Gasteiger partial charge is 0.508 e. The number of phenols is 1. The monoisotopic (exact) mass is 1520 g/mol. The Morgan fingerprint density at radius 1 is 0.528 bits per heavy atom. The van der Waals surface area contributed by atoms with Crippen molar-refractivity contribution in [1.29, 1.82) is 0 Å². The minimum absolute atomic E-state index is 0.00871. The number of aliphatic hydroxyl groups is 1. The zero-order valence-corrected chi connectivity index (χ0v) is 61.8. The lowest BCUT2D eigenvalue weighted by atomic mass is 10.0. The number of aromatic hydroxyl groups is 1. The number of aromatic amines is 2. The fourth-order valence-corrected chi connectivity index (χ4v) is 11.7. The normalized spacial score (nSPS) is 13.9. The Bertz CT molecular complexity index is 3900. The number of H-pyrrole nitrogens is 2. The van der Waals surface area contributed by atoms with Gasteiger partial charge in [-0.15, -0.1) is 11.8 Å². The van der Waals surface area contributed by atoms with Crippen molar-refractivity contribution in [3.05, 3.63) is 120 Å². The van der Waals surface area contributed by atoms with Gasteiger partial charge in [-0.05, 0) is 74.7 Å². The number of fused-ring (bicyclic) bond motifs is 1. The van der Waals surface area contributed by atoms with Gasteiger partial charge in [0.1, 0.15) is 66.2 Å². The van der Waals surface area contributed by atoms with Gasteiger partial charge >= 0.3 is 0 Å². The van der Waals surface area contributed by atoms with Gasteiger partial charge in [0, 0.05) is 79.8 Å². The quantitative estimate of drug-likeness (QED) is 0.0175. The molecule has 0 saturated carbocycles. The number of hydrogen-bond donors (Lipinski definition) is 19. The third-order valence-electron chi connectivity index (χ3n) is 16.7. The van der Waals surface area contributed by atoms with Gasteiger partial charge in [-0.25, -0.2) is 4.98 Å². The van der Waals surface area contributed by atoms with Crippen LogP contribution in [-0.4, -0.2) is 231 Å². The second-order valence-electron chi connectivity index (χ2n) is 26.2. The molecule has 0 aliphatic carbocycles. The van der Waals surface area contributed by atoms with Crippen molar-refractivity contribution < 1.29 is 82.1 Å². The molecule has 5 rings (SSSR count). The number of amides is 15. The average molecular weight is 1520 g/mol. The molecule has 2 aromatic heterocycles. The maximum absolute atomic E-state index is 14.7. The molecule has 2 heterocycles. The van der Waals surface area contributed by atoms with Gasteiger partial charge in [0.05, 0.1) is 31.8 Å². The van der Waals surface area contributed by atoms with Crippen LogP contribution in [0.4, 0.5) is 0 Å². The molecule has 5 aromatic rings. The molecule has 0 radical (unpaired) electrons. The van der Waals surface area contributed by atoms with E-state index in [-0.39, 0.29) is 68.9 Å². The molecule has 0 aliphatic rings. The summed E-state index contributed by atoms with van der Waals surface area (Å²) in [6, 6.07) is 7.22. The first kappa shape index (κ1) is 87.2. The number of imidazole rings is 1. The highest BCUT2D eigenvalue weighted by molar-refractivity contribution is 8.00. The van der Waals surface area contributed by atoms with E-state index in [1.807, 2.05) is 6.92 Å². The minimum atomic E-state index is -1.68. The number of nitrogens with zero attached hydrogens (tertiary/aromatic N) is 2. The van der Waals surface area contributed by atoms with E-state index in [2.05, 4.69) is 78.8 Å². The highest BCUT2D eigenvalue weighted by Gasteiger charge is 2.36. The smallest absolute Gasteiger partial charge is 0.245 e. The third-order valence-corrected chi connectivity index (χ3v) is 17.7. The number of primary amides is 3. The van der Waals surface area contributed by atoms with Crippen LogP contribution in [0, 0.1) is 5.92 Å². The Labute approximate surface area is 627 Å². The van der Waals surface area contributed by atoms with E-state index in [9.17, 15) is 82.1 Å². The molecule has 0 aliphatic heterocycles. The molecule has 586 valence electrons. The number of para-hydroxylation sites is 1. The molecule has 0 saturated heterocycles. The van der Waals surface area contributed by atoms with Gasteiger partial charge in [0.2, 0.25) is 88.6 Å². The summed E-state index contributed by atoms with van der Waals surface area (Å²) in [5.41, 5.74) is 19.1. The Morgan fingerprint density at radius 2 is 1.08 bits per heavy atom. The van der Waals surface area contributed by atoms with Crippen molar-refractivity contribution in [3.8, 4) is 5.75 Å². The van der Waals surface area contributed by atoms with E-state index >= 15 is 0 Å². The van der Waals surface area contributed by atoms with Gasteiger partial charge in [0.25, 0.3) is 0 Å². The summed E-state index contributed by atoms with van der Waals surface area (Å²) in [5.74, 6) is -14.1. The second-order valence-corrected chi connectivity index (χ2v) is 27.3. The molecule has 36 nitrogen and oxygen atoms in total. The van der Waals surface area contributed by atoms with E-state index in [0.717, 1.165) is 18.2 Å². The first-order valence-corrected chi connectivity index (χ1v) is 36.1. The summed E-state index contributed by atoms with van der Waals surface area (Å²) in [4.78, 5) is 214. The van der Waals surface area contributed by atoms with Crippen LogP contribution in [0.5, 0.6) is 5.75 Å². The number of carbonyl (C=O) groups excluding carboxylic acids is 15. The van der Waals surface area contributed by atoms with Crippen LogP contribution in [0.15, 0.2) is 97.6 Å². The predicted octanol–water partition coefficient (Wildman–Crippen LogP) is -4.27. The molecule has 37 heteroatoms.